The number of ether oxygens (including phenoxy) is 2. The third-order valence-corrected chi connectivity index (χ3v) is 3.58. The van der Waals surface area contributed by atoms with Gasteiger partial charge >= 0.3 is 8.56 Å². The van der Waals surface area contributed by atoms with Crippen molar-refractivity contribution in [3.63, 3.8) is 0 Å². The van der Waals surface area contributed by atoms with E-state index in [0.717, 1.165) is 11.1 Å². The molecule has 0 aromatic carbocycles. The molecular weight excluding hydrogens is 236 g/mol. The standard InChI is InChI=1S/C12H24O4Si/c1-9(2)11(13-5)15-17(7,8)16-12(14-6)10(3)4/h11-12H,1,3H2,2,4-8H3. The first-order valence-electron chi connectivity index (χ1n) is 5.45. The molecule has 17 heavy (non-hydrogen) atoms. The van der Waals surface area contributed by atoms with Crippen LogP contribution in [0.4, 0.5) is 0 Å². The highest BCUT2D eigenvalue weighted by Crippen LogP contribution is 2.19. The fourth-order valence-corrected chi connectivity index (χ4v) is 2.92. The van der Waals surface area contributed by atoms with Crippen molar-refractivity contribution >= 4 is 8.56 Å². The number of methoxy groups -OCH3 is 2. The van der Waals surface area contributed by atoms with Crippen molar-refractivity contribution in [3.05, 3.63) is 24.3 Å². The second-order valence-corrected chi connectivity index (χ2v) is 7.73. The molecule has 0 N–H and O–H groups in total. The maximum Gasteiger partial charge on any atom is 0.336 e. The first-order chi connectivity index (χ1) is 7.73. The van der Waals surface area contributed by atoms with E-state index in [9.17, 15) is 0 Å². The largest absolute Gasteiger partial charge is 0.364 e. The summed E-state index contributed by atoms with van der Waals surface area (Å²) in [4.78, 5) is 0. The summed E-state index contributed by atoms with van der Waals surface area (Å²) in [6, 6.07) is 0. The van der Waals surface area contributed by atoms with Crippen molar-refractivity contribution in [1.82, 2.24) is 0 Å². The van der Waals surface area contributed by atoms with Gasteiger partial charge in [-0.3, -0.25) is 0 Å². The Balaban J connectivity index is 4.55. The third kappa shape index (κ3) is 6.14. The van der Waals surface area contributed by atoms with Gasteiger partial charge in [-0.25, -0.2) is 0 Å². The molecule has 2 atom stereocenters. The molecule has 0 spiro atoms. The molecule has 0 aliphatic carbocycles. The monoisotopic (exact) mass is 260 g/mol. The molecule has 0 saturated carbocycles. The minimum absolute atomic E-state index is 0.445. The van der Waals surface area contributed by atoms with Crippen molar-refractivity contribution in [1.29, 1.82) is 0 Å². The van der Waals surface area contributed by atoms with Gasteiger partial charge in [0.1, 0.15) is 0 Å². The fraction of sp³-hybridized carbons (Fsp3) is 0.667. The van der Waals surface area contributed by atoms with Gasteiger partial charge in [-0.15, -0.1) is 0 Å². The zero-order chi connectivity index (χ0) is 13.6. The molecule has 0 aliphatic heterocycles. The fourth-order valence-electron chi connectivity index (χ4n) is 1.24. The van der Waals surface area contributed by atoms with Crippen molar-refractivity contribution in [3.8, 4) is 0 Å². The van der Waals surface area contributed by atoms with Gasteiger partial charge in [-0.2, -0.15) is 0 Å². The molecular formula is C12H24O4Si. The van der Waals surface area contributed by atoms with E-state index in [-0.39, 0.29) is 0 Å². The summed E-state index contributed by atoms with van der Waals surface area (Å²) in [6.07, 6.45) is -0.890. The van der Waals surface area contributed by atoms with E-state index in [2.05, 4.69) is 13.2 Å². The smallest absolute Gasteiger partial charge is 0.336 e. The van der Waals surface area contributed by atoms with Crippen LogP contribution in [0.5, 0.6) is 0 Å². The van der Waals surface area contributed by atoms with E-state index in [4.69, 9.17) is 18.3 Å². The van der Waals surface area contributed by atoms with Crippen LogP contribution in [0.25, 0.3) is 0 Å². The van der Waals surface area contributed by atoms with E-state index in [1.165, 1.54) is 0 Å². The highest BCUT2D eigenvalue weighted by atomic mass is 28.4. The highest BCUT2D eigenvalue weighted by molar-refractivity contribution is 6.64. The van der Waals surface area contributed by atoms with Gasteiger partial charge in [0.25, 0.3) is 0 Å². The zero-order valence-electron chi connectivity index (χ0n) is 11.7. The maximum absolute atomic E-state index is 5.80. The van der Waals surface area contributed by atoms with Crippen LogP contribution in [0, 0.1) is 0 Å². The maximum atomic E-state index is 5.80. The average molecular weight is 260 g/mol. The number of hydrogen-bond donors (Lipinski definition) is 0. The van der Waals surface area contributed by atoms with Crippen LogP contribution in [0.3, 0.4) is 0 Å². The van der Waals surface area contributed by atoms with Gasteiger partial charge in [0, 0.05) is 14.2 Å². The molecule has 0 bridgehead atoms. The van der Waals surface area contributed by atoms with Gasteiger partial charge in [-0.05, 0) is 38.1 Å². The minimum atomic E-state index is -2.37. The van der Waals surface area contributed by atoms with Crippen LogP contribution in [-0.2, 0) is 18.3 Å². The highest BCUT2D eigenvalue weighted by Gasteiger charge is 2.32. The summed E-state index contributed by atoms with van der Waals surface area (Å²) in [5.41, 5.74) is 1.61. The Morgan fingerprint density at radius 1 is 0.882 bits per heavy atom. The average Bonchev–Trinajstić information content (AvgIpc) is 2.22. The van der Waals surface area contributed by atoms with Gasteiger partial charge < -0.3 is 18.3 Å². The SMILES string of the molecule is C=C(C)C(OC)O[Si](C)(C)OC(OC)C(=C)C. The normalized spacial score (nSPS) is 15.4. The van der Waals surface area contributed by atoms with E-state index < -0.39 is 21.1 Å². The van der Waals surface area contributed by atoms with Gasteiger partial charge in [0.05, 0.1) is 0 Å². The molecule has 0 aliphatic rings. The molecule has 5 heteroatoms. The third-order valence-electron chi connectivity index (χ3n) is 2.01. The predicted octanol–water partition coefficient (Wildman–Crippen LogP) is 2.82. The summed E-state index contributed by atoms with van der Waals surface area (Å²) in [5, 5.41) is 0. The van der Waals surface area contributed by atoms with E-state index in [1.54, 1.807) is 14.2 Å². The first kappa shape index (κ1) is 16.5. The number of hydrogen-bond acceptors (Lipinski definition) is 4. The van der Waals surface area contributed by atoms with Gasteiger partial charge in [0.15, 0.2) is 12.6 Å². The molecule has 0 radical (unpaired) electrons. The van der Waals surface area contributed by atoms with E-state index in [1.807, 2.05) is 26.9 Å². The molecule has 0 aromatic rings. The Labute approximate surface area is 105 Å². The molecule has 100 valence electrons. The summed E-state index contributed by atoms with van der Waals surface area (Å²) in [7, 11) is 0.791. The molecule has 0 amide bonds. The van der Waals surface area contributed by atoms with Crippen molar-refractivity contribution in [2.45, 2.75) is 39.5 Å². The topological polar surface area (TPSA) is 36.9 Å². The molecule has 2 unspecified atom stereocenters. The van der Waals surface area contributed by atoms with Crippen LogP contribution in [0.1, 0.15) is 13.8 Å². The van der Waals surface area contributed by atoms with Crippen LogP contribution in [0.15, 0.2) is 24.3 Å². The molecule has 4 nitrogen and oxygen atoms in total. The van der Waals surface area contributed by atoms with Gasteiger partial charge in [0.2, 0.25) is 0 Å². The predicted molar refractivity (Wildman–Crippen MR) is 70.9 cm³/mol. The lowest BCUT2D eigenvalue weighted by molar-refractivity contribution is -0.0871. The molecule has 0 heterocycles. The Morgan fingerprint density at radius 2 is 1.18 bits per heavy atom. The molecule has 0 rings (SSSR count). The molecule has 0 saturated heterocycles. The summed E-state index contributed by atoms with van der Waals surface area (Å²) in [5.74, 6) is 0. The molecule has 0 fully saturated rings. The van der Waals surface area contributed by atoms with Crippen molar-refractivity contribution in [2.24, 2.45) is 0 Å². The van der Waals surface area contributed by atoms with Crippen LogP contribution < -0.4 is 0 Å². The van der Waals surface area contributed by atoms with Crippen LogP contribution in [-0.4, -0.2) is 35.4 Å². The van der Waals surface area contributed by atoms with E-state index in [0.29, 0.717) is 0 Å². The first-order valence-corrected chi connectivity index (χ1v) is 8.27. The Bertz CT molecular complexity index is 250. The van der Waals surface area contributed by atoms with Crippen molar-refractivity contribution in [2.75, 3.05) is 14.2 Å². The second-order valence-electron chi connectivity index (χ2n) is 4.46. The summed E-state index contributed by atoms with van der Waals surface area (Å²) in [6.45, 7) is 15.2. The second kappa shape index (κ2) is 7.08. The van der Waals surface area contributed by atoms with Crippen LogP contribution >= 0.6 is 0 Å². The Kier molecular flexibility index (Phi) is 6.89. The minimum Gasteiger partial charge on any atom is -0.364 e. The van der Waals surface area contributed by atoms with E-state index >= 15 is 0 Å². The van der Waals surface area contributed by atoms with Gasteiger partial charge in [-0.1, -0.05) is 13.2 Å². The number of rotatable bonds is 8. The lowest BCUT2D eigenvalue weighted by Crippen LogP contribution is -2.43. The molecule has 0 aromatic heterocycles. The lowest BCUT2D eigenvalue weighted by Gasteiger charge is -2.31. The van der Waals surface area contributed by atoms with Crippen molar-refractivity contribution < 1.29 is 18.3 Å². The summed E-state index contributed by atoms with van der Waals surface area (Å²) >= 11 is 0. The lowest BCUT2D eigenvalue weighted by atomic mass is 10.3. The van der Waals surface area contributed by atoms with Crippen LogP contribution in [0.2, 0.25) is 13.1 Å². The quantitative estimate of drug-likeness (QED) is 0.382. The Morgan fingerprint density at radius 3 is 1.35 bits per heavy atom. The Hall–Kier alpha value is -0.463. The summed E-state index contributed by atoms with van der Waals surface area (Å²) < 4.78 is 22.0. The zero-order valence-corrected chi connectivity index (χ0v) is 12.7.